The number of hydrogen-bond donors (Lipinski definition) is 0. The molecular formula is C19H27ClN2O3. The number of amides is 1. The van der Waals surface area contributed by atoms with E-state index in [1.807, 2.05) is 11.0 Å². The van der Waals surface area contributed by atoms with Crippen LogP contribution in [0.1, 0.15) is 50.6 Å². The van der Waals surface area contributed by atoms with E-state index in [-0.39, 0.29) is 24.4 Å². The average Bonchev–Trinajstić information content (AvgIpc) is 3.13. The van der Waals surface area contributed by atoms with E-state index in [4.69, 9.17) is 9.47 Å². The highest BCUT2D eigenvalue weighted by Crippen LogP contribution is 2.31. The summed E-state index contributed by atoms with van der Waals surface area (Å²) in [7, 11) is 1.62. The zero-order valence-corrected chi connectivity index (χ0v) is 15.6. The Hall–Kier alpha value is -1.75. The third-order valence-corrected chi connectivity index (χ3v) is 4.73. The summed E-state index contributed by atoms with van der Waals surface area (Å²) in [5.41, 5.74) is 0.717. The van der Waals surface area contributed by atoms with Crippen molar-refractivity contribution in [2.75, 3.05) is 20.2 Å². The van der Waals surface area contributed by atoms with Crippen LogP contribution in [0, 0.1) is 0 Å². The normalized spacial score (nSPS) is 18.2. The van der Waals surface area contributed by atoms with Gasteiger partial charge in [-0.3, -0.25) is 9.78 Å². The highest BCUT2D eigenvalue weighted by Gasteiger charge is 2.19. The van der Waals surface area contributed by atoms with Crippen molar-refractivity contribution in [1.29, 1.82) is 0 Å². The van der Waals surface area contributed by atoms with Crippen molar-refractivity contribution < 1.29 is 14.3 Å². The molecule has 2 heterocycles. The Morgan fingerprint density at radius 3 is 2.56 bits per heavy atom. The average molecular weight is 367 g/mol. The molecule has 2 fully saturated rings. The van der Waals surface area contributed by atoms with Gasteiger partial charge in [-0.05, 0) is 51.0 Å². The summed E-state index contributed by atoms with van der Waals surface area (Å²) in [6.45, 7) is 1.71. The van der Waals surface area contributed by atoms with Crippen molar-refractivity contribution in [3.8, 4) is 11.5 Å². The predicted octanol–water partition coefficient (Wildman–Crippen LogP) is 3.86. The summed E-state index contributed by atoms with van der Waals surface area (Å²) in [4.78, 5) is 18.5. The minimum Gasteiger partial charge on any atom is -0.491 e. The van der Waals surface area contributed by atoms with Gasteiger partial charge in [-0.1, -0.05) is 0 Å². The van der Waals surface area contributed by atoms with Crippen molar-refractivity contribution >= 4 is 24.4 Å². The fourth-order valence-corrected chi connectivity index (χ4v) is 3.34. The van der Waals surface area contributed by atoms with Gasteiger partial charge in [-0.2, -0.15) is 0 Å². The first kappa shape index (κ1) is 19.6. The topological polar surface area (TPSA) is 51.7 Å². The van der Waals surface area contributed by atoms with Crippen molar-refractivity contribution in [1.82, 2.24) is 9.88 Å². The lowest BCUT2D eigenvalue weighted by Crippen LogP contribution is -2.34. The summed E-state index contributed by atoms with van der Waals surface area (Å²) >= 11 is 0. The van der Waals surface area contributed by atoms with Gasteiger partial charge >= 0.3 is 0 Å². The van der Waals surface area contributed by atoms with Crippen molar-refractivity contribution in [2.24, 2.45) is 0 Å². The number of carbonyl (C=O) groups is 1. The van der Waals surface area contributed by atoms with E-state index < -0.39 is 0 Å². The van der Waals surface area contributed by atoms with Crippen LogP contribution in [0.15, 0.2) is 18.3 Å². The predicted molar refractivity (Wildman–Crippen MR) is 100 cm³/mol. The van der Waals surface area contributed by atoms with Crippen LogP contribution in [-0.2, 0) is 4.79 Å². The number of methoxy groups -OCH3 is 1. The maximum atomic E-state index is 12.2. The van der Waals surface area contributed by atoms with Crippen LogP contribution in [-0.4, -0.2) is 42.1 Å². The van der Waals surface area contributed by atoms with Crippen molar-refractivity contribution in [2.45, 2.75) is 51.0 Å². The van der Waals surface area contributed by atoms with Crippen LogP contribution >= 0.6 is 12.4 Å². The standard InChI is InChI=1S/C19H26N2O3.ClH/c1-23-18-14-20-15(13-17(18)24-16-7-3-4-8-16)9-10-19(22)21-11-5-2-6-12-21;/h9-10,13-14,16H,2-8,11-12H2,1H3;1H/b10-9+;. The number of piperidine rings is 1. The molecule has 0 N–H and O–H groups in total. The van der Waals surface area contributed by atoms with E-state index in [9.17, 15) is 4.79 Å². The quantitative estimate of drug-likeness (QED) is 0.742. The first-order valence-electron chi connectivity index (χ1n) is 8.94. The Labute approximate surface area is 155 Å². The second-order valence-electron chi connectivity index (χ2n) is 6.50. The molecule has 0 aromatic carbocycles. The molecule has 0 atom stereocenters. The lowest BCUT2D eigenvalue weighted by Gasteiger charge is -2.25. The summed E-state index contributed by atoms with van der Waals surface area (Å²) in [6.07, 6.45) is 13.3. The number of pyridine rings is 1. The molecular weight excluding hydrogens is 340 g/mol. The van der Waals surface area contributed by atoms with Crippen LogP contribution < -0.4 is 9.47 Å². The molecule has 1 aromatic rings. The lowest BCUT2D eigenvalue weighted by atomic mass is 10.1. The fourth-order valence-electron chi connectivity index (χ4n) is 3.34. The van der Waals surface area contributed by atoms with E-state index in [0.29, 0.717) is 17.2 Å². The smallest absolute Gasteiger partial charge is 0.246 e. The number of ether oxygens (including phenoxy) is 2. The molecule has 138 valence electrons. The second-order valence-corrected chi connectivity index (χ2v) is 6.50. The van der Waals surface area contributed by atoms with Gasteiger partial charge in [0.25, 0.3) is 0 Å². The summed E-state index contributed by atoms with van der Waals surface area (Å²) in [6, 6.07) is 1.86. The molecule has 1 aliphatic heterocycles. The van der Waals surface area contributed by atoms with Gasteiger partial charge in [0, 0.05) is 25.2 Å². The van der Waals surface area contributed by atoms with Gasteiger partial charge in [0.1, 0.15) is 0 Å². The second kappa shape index (κ2) is 9.66. The van der Waals surface area contributed by atoms with Crippen LogP contribution in [0.25, 0.3) is 6.08 Å². The molecule has 25 heavy (non-hydrogen) atoms. The molecule has 0 unspecified atom stereocenters. The Kier molecular flexibility index (Phi) is 7.56. The van der Waals surface area contributed by atoms with Crippen LogP contribution in [0.2, 0.25) is 0 Å². The van der Waals surface area contributed by atoms with Gasteiger partial charge in [-0.25, -0.2) is 0 Å². The summed E-state index contributed by atoms with van der Waals surface area (Å²) in [5.74, 6) is 1.41. The molecule has 2 aliphatic rings. The van der Waals surface area contributed by atoms with E-state index in [1.165, 1.54) is 19.3 Å². The van der Waals surface area contributed by atoms with Gasteiger partial charge in [0.2, 0.25) is 5.91 Å². The molecule has 0 bridgehead atoms. The fraction of sp³-hybridized carbons (Fsp3) is 0.579. The molecule has 1 aliphatic carbocycles. The highest BCUT2D eigenvalue weighted by atomic mass is 35.5. The summed E-state index contributed by atoms with van der Waals surface area (Å²) in [5, 5.41) is 0. The maximum absolute atomic E-state index is 12.2. The molecule has 3 rings (SSSR count). The number of rotatable bonds is 5. The molecule has 1 saturated carbocycles. The van der Waals surface area contributed by atoms with Gasteiger partial charge < -0.3 is 14.4 Å². The number of carbonyl (C=O) groups excluding carboxylic acids is 1. The Bertz CT molecular complexity index is 594. The minimum absolute atomic E-state index is 0. The van der Waals surface area contributed by atoms with Gasteiger partial charge in [0.15, 0.2) is 11.5 Å². The van der Waals surface area contributed by atoms with Gasteiger partial charge in [-0.15, -0.1) is 12.4 Å². The first-order chi connectivity index (χ1) is 11.8. The monoisotopic (exact) mass is 366 g/mol. The third-order valence-electron chi connectivity index (χ3n) is 4.73. The SMILES string of the molecule is COc1cnc(/C=C/C(=O)N2CCCCC2)cc1OC1CCCC1.Cl. The van der Waals surface area contributed by atoms with Crippen LogP contribution in [0.5, 0.6) is 11.5 Å². The molecule has 1 amide bonds. The molecule has 1 aromatic heterocycles. The first-order valence-corrected chi connectivity index (χ1v) is 8.94. The molecule has 0 radical (unpaired) electrons. The Morgan fingerprint density at radius 1 is 1.16 bits per heavy atom. The number of nitrogens with zero attached hydrogens (tertiary/aromatic N) is 2. The minimum atomic E-state index is 0. The van der Waals surface area contributed by atoms with Crippen LogP contribution in [0.3, 0.4) is 0 Å². The number of hydrogen-bond acceptors (Lipinski definition) is 4. The van der Waals surface area contributed by atoms with E-state index >= 15 is 0 Å². The molecule has 5 nitrogen and oxygen atoms in total. The highest BCUT2D eigenvalue weighted by molar-refractivity contribution is 5.91. The van der Waals surface area contributed by atoms with Crippen molar-refractivity contribution in [3.05, 3.63) is 24.0 Å². The number of halogens is 1. The van der Waals surface area contributed by atoms with E-state index in [2.05, 4.69) is 4.98 Å². The molecule has 0 spiro atoms. The largest absolute Gasteiger partial charge is 0.491 e. The molecule has 1 saturated heterocycles. The Balaban J connectivity index is 0.00000225. The molecule has 6 heteroatoms. The summed E-state index contributed by atoms with van der Waals surface area (Å²) < 4.78 is 11.4. The number of aromatic nitrogens is 1. The van der Waals surface area contributed by atoms with E-state index in [1.54, 1.807) is 25.5 Å². The maximum Gasteiger partial charge on any atom is 0.246 e. The van der Waals surface area contributed by atoms with Crippen LogP contribution in [0.4, 0.5) is 0 Å². The van der Waals surface area contributed by atoms with E-state index in [0.717, 1.165) is 38.8 Å². The third kappa shape index (κ3) is 5.36. The zero-order chi connectivity index (χ0) is 16.8. The number of likely N-dealkylation sites (tertiary alicyclic amines) is 1. The Morgan fingerprint density at radius 2 is 1.88 bits per heavy atom. The van der Waals surface area contributed by atoms with Gasteiger partial charge in [0.05, 0.1) is 25.1 Å². The lowest BCUT2D eigenvalue weighted by molar-refractivity contribution is -0.126. The zero-order valence-electron chi connectivity index (χ0n) is 14.8. The van der Waals surface area contributed by atoms with Crippen molar-refractivity contribution in [3.63, 3.8) is 0 Å².